The van der Waals surface area contributed by atoms with Gasteiger partial charge in [0.2, 0.25) is 0 Å². The van der Waals surface area contributed by atoms with E-state index in [4.69, 9.17) is 16.3 Å². The third-order valence-electron chi connectivity index (χ3n) is 4.01. The summed E-state index contributed by atoms with van der Waals surface area (Å²) >= 11 is 6.34. The second kappa shape index (κ2) is 5.08. The number of hydrogen-bond donors (Lipinski definition) is 1. The molecular formula is C14H18ClNO2. The summed E-state index contributed by atoms with van der Waals surface area (Å²) in [7, 11) is 0. The van der Waals surface area contributed by atoms with Crippen molar-refractivity contribution in [2.75, 3.05) is 18.1 Å². The number of morpholine rings is 1. The average Bonchev–Trinajstić information content (AvgIpc) is 2.86. The quantitative estimate of drug-likeness (QED) is 0.894. The first-order valence-electron chi connectivity index (χ1n) is 6.58. The van der Waals surface area contributed by atoms with Gasteiger partial charge in [-0.05, 0) is 25.3 Å². The summed E-state index contributed by atoms with van der Waals surface area (Å²) in [5.41, 5.74) is 1.91. The normalized spacial score (nSPS) is 27.3. The van der Waals surface area contributed by atoms with Crippen LogP contribution in [0.2, 0.25) is 5.02 Å². The number of halogens is 1. The van der Waals surface area contributed by atoms with Crippen LogP contribution in [-0.4, -0.2) is 30.4 Å². The van der Waals surface area contributed by atoms with Crippen LogP contribution in [0, 0.1) is 0 Å². The molecule has 2 fully saturated rings. The summed E-state index contributed by atoms with van der Waals surface area (Å²) in [4.78, 5) is 2.34. The number of aliphatic hydroxyl groups is 1. The van der Waals surface area contributed by atoms with Gasteiger partial charge in [0, 0.05) is 12.1 Å². The van der Waals surface area contributed by atoms with Gasteiger partial charge in [0.15, 0.2) is 0 Å². The van der Waals surface area contributed by atoms with E-state index >= 15 is 0 Å². The van der Waals surface area contributed by atoms with Crippen LogP contribution in [0.3, 0.4) is 0 Å². The smallest absolute Gasteiger partial charge is 0.0779 e. The summed E-state index contributed by atoms with van der Waals surface area (Å²) in [6, 6.07) is 6.16. The molecular weight excluding hydrogens is 250 g/mol. The molecule has 18 heavy (non-hydrogen) atoms. The summed E-state index contributed by atoms with van der Waals surface area (Å²) < 4.78 is 5.82. The molecule has 3 rings (SSSR count). The van der Waals surface area contributed by atoms with Crippen molar-refractivity contribution in [1.29, 1.82) is 0 Å². The molecule has 0 bridgehead atoms. The molecule has 1 saturated heterocycles. The number of rotatable bonds is 2. The van der Waals surface area contributed by atoms with Crippen LogP contribution >= 0.6 is 11.6 Å². The second-order valence-electron chi connectivity index (χ2n) is 5.01. The predicted octanol–water partition coefficient (Wildman–Crippen LogP) is 2.59. The topological polar surface area (TPSA) is 32.7 Å². The van der Waals surface area contributed by atoms with Crippen LogP contribution < -0.4 is 4.90 Å². The Balaban J connectivity index is 1.98. The van der Waals surface area contributed by atoms with E-state index < -0.39 is 0 Å². The van der Waals surface area contributed by atoms with Crippen molar-refractivity contribution in [2.45, 2.75) is 38.0 Å². The Morgan fingerprint density at radius 3 is 3.11 bits per heavy atom. The van der Waals surface area contributed by atoms with Gasteiger partial charge in [-0.2, -0.15) is 0 Å². The maximum Gasteiger partial charge on any atom is 0.0779 e. The van der Waals surface area contributed by atoms with E-state index in [1.165, 1.54) is 6.42 Å². The first-order chi connectivity index (χ1) is 8.81. The lowest BCUT2D eigenvalue weighted by Gasteiger charge is -2.40. The van der Waals surface area contributed by atoms with Crippen LogP contribution in [0.15, 0.2) is 18.2 Å². The minimum atomic E-state index is 0.0324. The zero-order chi connectivity index (χ0) is 12.5. The van der Waals surface area contributed by atoms with Crippen molar-refractivity contribution in [3.63, 3.8) is 0 Å². The van der Waals surface area contributed by atoms with Crippen LogP contribution in [0.1, 0.15) is 24.8 Å². The van der Waals surface area contributed by atoms with E-state index in [1.807, 2.05) is 18.2 Å². The van der Waals surface area contributed by atoms with Crippen molar-refractivity contribution >= 4 is 17.3 Å². The van der Waals surface area contributed by atoms with Crippen molar-refractivity contribution in [2.24, 2.45) is 0 Å². The Kier molecular flexibility index (Phi) is 3.46. The van der Waals surface area contributed by atoms with Crippen molar-refractivity contribution in [3.8, 4) is 0 Å². The average molecular weight is 268 g/mol. The van der Waals surface area contributed by atoms with Gasteiger partial charge < -0.3 is 14.7 Å². The van der Waals surface area contributed by atoms with Gasteiger partial charge in [0.1, 0.15) is 0 Å². The maximum absolute atomic E-state index is 9.50. The minimum Gasteiger partial charge on any atom is -0.392 e. The molecule has 0 aromatic heterocycles. The molecule has 1 aromatic carbocycles. The Morgan fingerprint density at radius 1 is 1.39 bits per heavy atom. The lowest BCUT2D eigenvalue weighted by Crippen LogP contribution is -2.49. The SMILES string of the molecule is OCc1cccc(Cl)c1N1CCOC2CCCC21. The van der Waals surface area contributed by atoms with E-state index in [9.17, 15) is 5.11 Å². The van der Waals surface area contributed by atoms with Crippen molar-refractivity contribution in [1.82, 2.24) is 0 Å². The van der Waals surface area contributed by atoms with Gasteiger partial charge in [0.05, 0.1) is 36.1 Å². The molecule has 4 heteroatoms. The fourth-order valence-corrected chi connectivity index (χ4v) is 3.52. The zero-order valence-electron chi connectivity index (χ0n) is 10.3. The van der Waals surface area contributed by atoms with E-state index in [0.29, 0.717) is 12.1 Å². The Labute approximate surface area is 112 Å². The highest BCUT2D eigenvalue weighted by Gasteiger charge is 2.37. The van der Waals surface area contributed by atoms with Gasteiger partial charge in [-0.3, -0.25) is 0 Å². The molecule has 0 radical (unpaired) electrons. The number of fused-ring (bicyclic) bond motifs is 1. The summed E-state index contributed by atoms with van der Waals surface area (Å²) in [6.07, 6.45) is 3.84. The van der Waals surface area contributed by atoms with E-state index in [-0.39, 0.29) is 6.61 Å². The fourth-order valence-electron chi connectivity index (χ4n) is 3.21. The zero-order valence-corrected chi connectivity index (χ0v) is 11.1. The van der Waals surface area contributed by atoms with Crippen molar-refractivity contribution < 1.29 is 9.84 Å². The summed E-state index contributed by atoms with van der Waals surface area (Å²) in [5, 5.41) is 10.2. The lowest BCUT2D eigenvalue weighted by molar-refractivity contribution is 0.0255. The maximum atomic E-state index is 9.50. The third-order valence-corrected chi connectivity index (χ3v) is 4.32. The Morgan fingerprint density at radius 2 is 2.28 bits per heavy atom. The molecule has 0 amide bonds. The Hall–Kier alpha value is -0.770. The molecule has 1 saturated carbocycles. The first-order valence-corrected chi connectivity index (χ1v) is 6.95. The second-order valence-corrected chi connectivity index (χ2v) is 5.41. The number of hydrogen-bond acceptors (Lipinski definition) is 3. The molecule has 1 aromatic rings. The third kappa shape index (κ3) is 2.00. The number of aliphatic hydroxyl groups excluding tert-OH is 1. The molecule has 98 valence electrons. The van der Waals surface area contributed by atoms with E-state index in [2.05, 4.69) is 4.90 Å². The summed E-state index contributed by atoms with van der Waals surface area (Å²) in [6.45, 7) is 1.64. The van der Waals surface area contributed by atoms with Crippen LogP contribution in [0.5, 0.6) is 0 Å². The number of anilines is 1. The molecule has 1 heterocycles. The van der Waals surface area contributed by atoms with E-state index in [0.717, 1.165) is 42.3 Å². The summed E-state index contributed by atoms with van der Waals surface area (Å²) in [5.74, 6) is 0. The van der Waals surface area contributed by atoms with Crippen LogP contribution in [-0.2, 0) is 11.3 Å². The Bertz CT molecular complexity index is 438. The van der Waals surface area contributed by atoms with Crippen LogP contribution in [0.25, 0.3) is 0 Å². The van der Waals surface area contributed by atoms with Gasteiger partial charge >= 0.3 is 0 Å². The lowest BCUT2D eigenvalue weighted by atomic mass is 10.1. The largest absolute Gasteiger partial charge is 0.392 e. The number of benzene rings is 1. The highest BCUT2D eigenvalue weighted by Crippen LogP contribution is 2.38. The molecule has 1 aliphatic heterocycles. The molecule has 2 atom stereocenters. The van der Waals surface area contributed by atoms with Gasteiger partial charge in [-0.15, -0.1) is 0 Å². The monoisotopic (exact) mass is 267 g/mol. The highest BCUT2D eigenvalue weighted by molar-refractivity contribution is 6.33. The number of para-hydroxylation sites is 1. The van der Waals surface area contributed by atoms with Gasteiger partial charge in [-0.1, -0.05) is 23.7 Å². The molecule has 1 aliphatic carbocycles. The molecule has 2 unspecified atom stereocenters. The minimum absolute atomic E-state index is 0.0324. The van der Waals surface area contributed by atoms with Gasteiger partial charge in [-0.25, -0.2) is 0 Å². The van der Waals surface area contributed by atoms with Gasteiger partial charge in [0.25, 0.3) is 0 Å². The standard InChI is InChI=1S/C14H18ClNO2/c15-11-4-1-3-10(9-17)14(11)16-7-8-18-13-6-2-5-12(13)16/h1,3-4,12-13,17H,2,5-9H2. The highest BCUT2D eigenvalue weighted by atomic mass is 35.5. The predicted molar refractivity (Wildman–Crippen MR) is 72.1 cm³/mol. The molecule has 2 aliphatic rings. The van der Waals surface area contributed by atoms with Crippen LogP contribution in [0.4, 0.5) is 5.69 Å². The number of nitrogens with zero attached hydrogens (tertiary/aromatic N) is 1. The molecule has 1 N–H and O–H groups in total. The van der Waals surface area contributed by atoms with E-state index in [1.54, 1.807) is 0 Å². The molecule has 0 spiro atoms. The first kappa shape index (κ1) is 12.3. The fraction of sp³-hybridized carbons (Fsp3) is 0.571. The van der Waals surface area contributed by atoms with Crippen molar-refractivity contribution in [3.05, 3.63) is 28.8 Å². The number of ether oxygens (including phenoxy) is 1. The molecule has 3 nitrogen and oxygen atoms in total.